The molecule has 0 saturated carbocycles. The van der Waals surface area contributed by atoms with Crippen molar-refractivity contribution in [1.82, 2.24) is 9.97 Å². The van der Waals surface area contributed by atoms with Crippen LogP contribution in [0.2, 0.25) is 0 Å². The van der Waals surface area contributed by atoms with Crippen LogP contribution < -0.4 is 15.5 Å². The van der Waals surface area contributed by atoms with Crippen molar-refractivity contribution in [3.8, 4) is 0 Å². The molecule has 3 aromatic rings. The first-order chi connectivity index (χ1) is 13.2. The summed E-state index contributed by atoms with van der Waals surface area (Å²) < 4.78 is 13.7. The zero-order chi connectivity index (χ0) is 19.1. The third-order valence-electron chi connectivity index (χ3n) is 4.35. The van der Waals surface area contributed by atoms with Gasteiger partial charge in [0.15, 0.2) is 0 Å². The molecule has 0 spiro atoms. The molecule has 2 aromatic carbocycles. The lowest BCUT2D eigenvalue weighted by Gasteiger charge is -2.21. The highest BCUT2D eigenvalue weighted by Crippen LogP contribution is 2.21. The summed E-state index contributed by atoms with van der Waals surface area (Å²) in [4.78, 5) is 10.7. The van der Waals surface area contributed by atoms with Crippen LogP contribution in [0, 0.1) is 5.82 Å². The van der Waals surface area contributed by atoms with Gasteiger partial charge in [-0.15, -0.1) is 0 Å². The Labute approximate surface area is 159 Å². The molecule has 140 valence electrons. The second-order valence-electron chi connectivity index (χ2n) is 6.08. The smallest absolute Gasteiger partial charge is 0.135 e. The first kappa shape index (κ1) is 18.6. The second kappa shape index (κ2) is 8.98. The molecule has 0 fully saturated rings. The van der Waals surface area contributed by atoms with Crippen LogP contribution in [0.15, 0.2) is 60.9 Å². The van der Waals surface area contributed by atoms with E-state index >= 15 is 0 Å². The van der Waals surface area contributed by atoms with Gasteiger partial charge in [-0.1, -0.05) is 18.2 Å². The lowest BCUT2D eigenvalue weighted by molar-refractivity contribution is 0.613. The highest BCUT2D eigenvalue weighted by Gasteiger charge is 2.04. The molecule has 2 N–H and O–H groups in total. The van der Waals surface area contributed by atoms with E-state index in [1.54, 1.807) is 18.2 Å². The molecule has 0 unspecified atom stereocenters. The third-order valence-corrected chi connectivity index (χ3v) is 4.35. The Balaban J connectivity index is 1.64. The predicted molar refractivity (Wildman–Crippen MR) is 109 cm³/mol. The van der Waals surface area contributed by atoms with Crippen LogP contribution in [0.25, 0.3) is 0 Å². The van der Waals surface area contributed by atoms with E-state index in [9.17, 15) is 4.39 Å². The number of aromatic nitrogens is 2. The fourth-order valence-corrected chi connectivity index (χ4v) is 2.84. The summed E-state index contributed by atoms with van der Waals surface area (Å²) in [6.07, 6.45) is 1.48. The highest BCUT2D eigenvalue weighted by molar-refractivity contribution is 5.62. The Hall–Kier alpha value is -3.15. The van der Waals surface area contributed by atoms with Crippen LogP contribution in [-0.4, -0.2) is 23.1 Å². The zero-order valence-electron chi connectivity index (χ0n) is 15.6. The van der Waals surface area contributed by atoms with Gasteiger partial charge in [-0.2, -0.15) is 0 Å². The summed E-state index contributed by atoms with van der Waals surface area (Å²) in [6, 6.07) is 16.7. The molecular formula is C21H24FN5. The van der Waals surface area contributed by atoms with Gasteiger partial charge in [0, 0.05) is 42.6 Å². The number of benzene rings is 2. The van der Waals surface area contributed by atoms with Crippen LogP contribution in [0.4, 0.5) is 27.4 Å². The fraction of sp³-hybridized carbons (Fsp3) is 0.238. The summed E-state index contributed by atoms with van der Waals surface area (Å²) in [7, 11) is 0. The molecule has 0 radical (unpaired) electrons. The van der Waals surface area contributed by atoms with Crippen molar-refractivity contribution in [3.63, 3.8) is 0 Å². The van der Waals surface area contributed by atoms with Crippen LogP contribution in [0.5, 0.6) is 0 Å². The van der Waals surface area contributed by atoms with Gasteiger partial charge in [0.25, 0.3) is 0 Å². The Bertz CT molecular complexity index is 862. The van der Waals surface area contributed by atoms with E-state index in [1.165, 1.54) is 18.1 Å². The largest absolute Gasteiger partial charge is 0.372 e. The highest BCUT2D eigenvalue weighted by atomic mass is 19.1. The molecule has 6 heteroatoms. The Morgan fingerprint density at radius 3 is 2.33 bits per heavy atom. The first-order valence-electron chi connectivity index (χ1n) is 9.11. The number of hydrogen-bond donors (Lipinski definition) is 2. The Morgan fingerprint density at radius 1 is 0.926 bits per heavy atom. The predicted octanol–water partition coefficient (Wildman–Crippen LogP) is 4.82. The van der Waals surface area contributed by atoms with Gasteiger partial charge in [0.1, 0.15) is 23.8 Å². The number of nitrogens with zero attached hydrogens (tertiary/aromatic N) is 3. The van der Waals surface area contributed by atoms with Crippen molar-refractivity contribution in [3.05, 3.63) is 72.3 Å². The quantitative estimate of drug-likeness (QED) is 0.599. The molecule has 0 amide bonds. The maximum atomic E-state index is 13.7. The third kappa shape index (κ3) is 4.94. The van der Waals surface area contributed by atoms with Gasteiger partial charge < -0.3 is 15.5 Å². The molecular weight excluding hydrogens is 341 g/mol. The Kier molecular flexibility index (Phi) is 6.20. The molecule has 5 nitrogen and oxygen atoms in total. The van der Waals surface area contributed by atoms with Crippen molar-refractivity contribution in [2.24, 2.45) is 0 Å². The van der Waals surface area contributed by atoms with E-state index in [0.29, 0.717) is 23.7 Å². The number of anilines is 4. The molecule has 0 aliphatic carbocycles. The average molecular weight is 365 g/mol. The molecule has 1 heterocycles. The summed E-state index contributed by atoms with van der Waals surface area (Å²) in [5.41, 5.74) is 2.74. The average Bonchev–Trinajstić information content (AvgIpc) is 2.70. The van der Waals surface area contributed by atoms with Gasteiger partial charge in [0.05, 0.1) is 0 Å². The van der Waals surface area contributed by atoms with Crippen LogP contribution in [0.3, 0.4) is 0 Å². The molecule has 1 aromatic heterocycles. The van der Waals surface area contributed by atoms with E-state index < -0.39 is 0 Å². The van der Waals surface area contributed by atoms with Crippen LogP contribution in [0.1, 0.15) is 19.4 Å². The van der Waals surface area contributed by atoms with E-state index in [1.807, 2.05) is 18.2 Å². The van der Waals surface area contributed by atoms with Crippen molar-refractivity contribution < 1.29 is 4.39 Å². The van der Waals surface area contributed by atoms with Gasteiger partial charge in [-0.25, -0.2) is 14.4 Å². The second-order valence-corrected chi connectivity index (χ2v) is 6.08. The fourth-order valence-electron chi connectivity index (χ4n) is 2.84. The minimum Gasteiger partial charge on any atom is -0.372 e. The summed E-state index contributed by atoms with van der Waals surface area (Å²) >= 11 is 0. The topological polar surface area (TPSA) is 53.1 Å². The van der Waals surface area contributed by atoms with E-state index in [-0.39, 0.29) is 5.82 Å². The van der Waals surface area contributed by atoms with Gasteiger partial charge in [-0.05, 0) is 44.2 Å². The molecule has 0 saturated heterocycles. The summed E-state index contributed by atoms with van der Waals surface area (Å²) in [6.45, 7) is 6.61. The van der Waals surface area contributed by atoms with Crippen molar-refractivity contribution in [1.29, 1.82) is 0 Å². The minimum atomic E-state index is -0.231. The zero-order valence-corrected chi connectivity index (χ0v) is 15.6. The molecule has 3 rings (SSSR count). The maximum absolute atomic E-state index is 13.7. The number of halogens is 1. The van der Waals surface area contributed by atoms with E-state index in [0.717, 1.165) is 18.8 Å². The van der Waals surface area contributed by atoms with E-state index in [2.05, 4.69) is 51.5 Å². The van der Waals surface area contributed by atoms with Crippen molar-refractivity contribution in [2.75, 3.05) is 28.6 Å². The molecule has 0 aliphatic rings. The first-order valence-corrected chi connectivity index (χ1v) is 9.11. The molecule has 0 aliphatic heterocycles. The lowest BCUT2D eigenvalue weighted by atomic mass is 10.2. The summed E-state index contributed by atoms with van der Waals surface area (Å²) in [5.74, 6) is 1.08. The summed E-state index contributed by atoms with van der Waals surface area (Å²) in [5, 5.41) is 6.40. The SMILES string of the molecule is CCN(CC)c1ccc(Nc2cc(NCc3ccccc3F)ncn2)cc1. The molecule has 0 atom stereocenters. The lowest BCUT2D eigenvalue weighted by Crippen LogP contribution is -2.21. The van der Waals surface area contributed by atoms with Crippen LogP contribution in [-0.2, 0) is 6.54 Å². The number of hydrogen-bond acceptors (Lipinski definition) is 5. The molecule has 0 bridgehead atoms. The Morgan fingerprint density at radius 2 is 1.63 bits per heavy atom. The minimum absolute atomic E-state index is 0.231. The van der Waals surface area contributed by atoms with Gasteiger partial charge in [-0.3, -0.25) is 0 Å². The number of rotatable bonds is 8. The van der Waals surface area contributed by atoms with Crippen molar-refractivity contribution >= 4 is 23.0 Å². The number of nitrogens with one attached hydrogen (secondary N) is 2. The van der Waals surface area contributed by atoms with Gasteiger partial charge >= 0.3 is 0 Å². The maximum Gasteiger partial charge on any atom is 0.135 e. The molecule has 27 heavy (non-hydrogen) atoms. The monoisotopic (exact) mass is 365 g/mol. The normalized spacial score (nSPS) is 10.5. The van der Waals surface area contributed by atoms with Gasteiger partial charge in [0.2, 0.25) is 0 Å². The van der Waals surface area contributed by atoms with Crippen molar-refractivity contribution in [2.45, 2.75) is 20.4 Å². The van der Waals surface area contributed by atoms with Crippen LogP contribution >= 0.6 is 0 Å². The van der Waals surface area contributed by atoms with E-state index in [4.69, 9.17) is 0 Å². The standard InChI is InChI=1S/C21H24FN5/c1-3-27(4-2)18-11-9-17(10-12-18)26-21-13-20(24-15-25-21)23-14-16-7-5-6-8-19(16)22/h5-13,15H,3-4,14H2,1-2H3,(H2,23,24,25,26).